The second kappa shape index (κ2) is 3.96. The van der Waals surface area contributed by atoms with Crippen molar-refractivity contribution in [2.24, 2.45) is 5.73 Å². The van der Waals surface area contributed by atoms with Gasteiger partial charge in [-0.05, 0) is 43.4 Å². The lowest BCUT2D eigenvalue weighted by Crippen LogP contribution is -2.25. The molecule has 0 saturated heterocycles. The van der Waals surface area contributed by atoms with Gasteiger partial charge in [-0.3, -0.25) is 0 Å². The van der Waals surface area contributed by atoms with E-state index in [4.69, 9.17) is 5.73 Å². The molecule has 1 heterocycles. The largest absolute Gasteiger partial charge is 0.369 e. The maximum Gasteiger partial charge on any atom is 0.126 e. The molecule has 0 fully saturated rings. The van der Waals surface area contributed by atoms with Crippen LogP contribution in [0.1, 0.15) is 24.5 Å². The van der Waals surface area contributed by atoms with Crippen molar-refractivity contribution in [1.29, 1.82) is 0 Å². The number of nitrogens with zero attached hydrogens (tertiary/aromatic N) is 1. The lowest BCUT2D eigenvalue weighted by molar-refractivity contribution is 0.777. The van der Waals surface area contributed by atoms with Gasteiger partial charge >= 0.3 is 0 Å². The fourth-order valence-electron chi connectivity index (χ4n) is 1.81. The van der Waals surface area contributed by atoms with Crippen LogP contribution >= 0.6 is 0 Å². The number of hydrogen-bond donors (Lipinski definition) is 2. The number of aromatic nitrogens is 1. The first-order valence-corrected chi connectivity index (χ1v) is 5.23. The van der Waals surface area contributed by atoms with E-state index in [1.165, 1.54) is 30.4 Å². The van der Waals surface area contributed by atoms with E-state index in [2.05, 4.69) is 16.4 Å². The van der Waals surface area contributed by atoms with Crippen LogP contribution in [0.3, 0.4) is 0 Å². The van der Waals surface area contributed by atoms with E-state index in [1.54, 1.807) is 0 Å². The van der Waals surface area contributed by atoms with Crippen LogP contribution in [0.25, 0.3) is 0 Å². The molecular formula is C11H17N3. The summed E-state index contributed by atoms with van der Waals surface area (Å²) in [5.74, 6) is 0.961. The van der Waals surface area contributed by atoms with Crippen LogP contribution in [-0.4, -0.2) is 17.6 Å². The molecule has 1 atom stereocenters. The smallest absolute Gasteiger partial charge is 0.126 e. The highest BCUT2D eigenvalue weighted by atomic mass is 15.0. The second-order valence-corrected chi connectivity index (χ2v) is 4.05. The molecule has 0 saturated carbocycles. The zero-order valence-corrected chi connectivity index (χ0v) is 8.59. The average Bonchev–Trinajstić information content (AvgIpc) is 2.61. The highest BCUT2D eigenvalue weighted by molar-refractivity contribution is 5.42. The Morgan fingerprint density at radius 1 is 1.50 bits per heavy atom. The second-order valence-electron chi connectivity index (χ2n) is 4.05. The third-order valence-electron chi connectivity index (χ3n) is 2.58. The SMILES string of the molecule is CC(N)CNc1cc2c(cn1)CCC2. The first kappa shape index (κ1) is 9.46. The first-order chi connectivity index (χ1) is 6.75. The fraction of sp³-hybridized carbons (Fsp3) is 0.545. The molecule has 1 aliphatic carbocycles. The molecule has 2 rings (SSSR count). The number of nitrogens with one attached hydrogen (secondary N) is 1. The van der Waals surface area contributed by atoms with Crippen molar-refractivity contribution in [3.05, 3.63) is 23.4 Å². The quantitative estimate of drug-likeness (QED) is 0.757. The summed E-state index contributed by atoms with van der Waals surface area (Å²) in [5.41, 5.74) is 8.53. The minimum Gasteiger partial charge on any atom is -0.369 e. The Morgan fingerprint density at radius 2 is 2.29 bits per heavy atom. The van der Waals surface area contributed by atoms with E-state index in [0.29, 0.717) is 0 Å². The number of aryl methyl sites for hydroxylation is 2. The van der Waals surface area contributed by atoms with Gasteiger partial charge in [-0.25, -0.2) is 4.98 Å². The molecular weight excluding hydrogens is 174 g/mol. The molecule has 0 aliphatic heterocycles. The minimum atomic E-state index is 0.171. The maximum atomic E-state index is 5.66. The van der Waals surface area contributed by atoms with Gasteiger partial charge in [-0.15, -0.1) is 0 Å². The Hall–Kier alpha value is -1.09. The molecule has 0 amide bonds. The molecule has 0 radical (unpaired) electrons. The van der Waals surface area contributed by atoms with Gasteiger partial charge in [0.25, 0.3) is 0 Å². The fourth-order valence-corrected chi connectivity index (χ4v) is 1.81. The zero-order valence-electron chi connectivity index (χ0n) is 8.59. The standard InChI is InChI=1S/C11H17N3/c1-8(12)6-13-11-5-9-3-2-4-10(9)7-14-11/h5,7-8H,2-4,6,12H2,1H3,(H,13,14). The zero-order chi connectivity index (χ0) is 9.97. The number of pyridine rings is 1. The predicted octanol–water partition coefficient (Wildman–Crippen LogP) is 1.33. The molecule has 0 bridgehead atoms. The van der Waals surface area contributed by atoms with Gasteiger partial charge < -0.3 is 11.1 Å². The number of hydrogen-bond acceptors (Lipinski definition) is 3. The van der Waals surface area contributed by atoms with Crippen LogP contribution in [0, 0.1) is 0 Å². The Morgan fingerprint density at radius 3 is 3.07 bits per heavy atom. The van der Waals surface area contributed by atoms with Crippen LogP contribution in [-0.2, 0) is 12.8 Å². The monoisotopic (exact) mass is 191 g/mol. The maximum absolute atomic E-state index is 5.66. The van der Waals surface area contributed by atoms with Gasteiger partial charge in [-0.2, -0.15) is 0 Å². The van der Waals surface area contributed by atoms with Crippen molar-refractivity contribution in [2.45, 2.75) is 32.2 Å². The van der Waals surface area contributed by atoms with E-state index in [0.717, 1.165) is 12.4 Å². The molecule has 0 aromatic carbocycles. The third kappa shape index (κ3) is 2.04. The van der Waals surface area contributed by atoms with Crippen LogP contribution in [0.2, 0.25) is 0 Å². The molecule has 3 N–H and O–H groups in total. The highest BCUT2D eigenvalue weighted by Crippen LogP contribution is 2.22. The summed E-state index contributed by atoms with van der Waals surface area (Å²) < 4.78 is 0. The summed E-state index contributed by atoms with van der Waals surface area (Å²) in [6.45, 7) is 2.77. The van der Waals surface area contributed by atoms with Crippen molar-refractivity contribution in [3.63, 3.8) is 0 Å². The molecule has 1 aliphatic rings. The molecule has 14 heavy (non-hydrogen) atoms. The number of nitrogens with two attached hydrogens (primary N) is 1. The van der Waals surface area contributed by atoms with Gasteiger partial charge in [0.1, 0.15) is 5.82 Å². The van der Waals surface area contributed by atoms with Crippen LogP contribution < -0.4 is 11.1 Å². The van der Waals surface area contributed by atoms with Crippen LogP contribution in [0.5, 0.6) is 0 Å². The lowest BCUT2D eigenvalue weighted by Gasteiger charge is -2.09. The van der Waals surface area contributed by atoms with Gasteiger partial charge in [0, 0.05) is 18.8 Å². The minimum absolute atomic E-state index is 0.171. The molecule has 1 aromatic rings. The summed E-state index contributed by atoms with van der Waals surface area (Å²) in [4.78, 5) is 4.36. The van der Waals surface area contributed by atoms with Crippen molar-refractivity contribution in [3.8, 4) is 0 Å². The topological polar surface area (TPSA) is 50.9 Å². The van der Waals surface area contributed by atoms with E-state index >= 15 is 0 Å². The predicted molar refractivity (Wildman–Crippen MR) is 58.4 cm³/mol. The highest BCUT2D eigenvalue weighted by Gasteiger charge is 2.11. The Balaban J connectivity index is 2.05. The van der Waals surface area contributed by atoms with Crippen molar-refractivity contribution >= 4 is 5.82 Å². The van der Waals surface area contributed by atoms with E-state index < -0.39 is 0 Å². The van der Waals surface area contributed by atoms with Gasteiger partial charge in [-0.1, -0.05) is 0 Å². The average molecular weight is 191 g/mol. The summed E-state index contributed by atoms with van der Waals surface area (Å²) in [6.07, 6.45) is 5.65. The lowest BCUT2D eigenvalue weighted by atomic mass is 10.2. The summed E-state index contributed by atoms with van der Waals surface area (Å²) in [7, 11) is 0. The molecule has 0 spiro atoms. The Bertz CT molecular complexity index is 320. The molecule has 1 unspecified atom stereocenters. The Labute approximate surface area is 84.7 Å². The van der Waals surface area contributed by atoms with Gasteiger partial charge in [0.05, 0.1) is 0 Å². The third-order valence-corrected chi connectivity index (χ3v) is 2.58. The van der Waals surface area contributed by atoms with Crippen LogP contribution in [0.4, 0.5) is 5.82 Å². The van der Waals surface area contributed by atoms with E-state index in [1.807, 2.05) is 13.1 Å². The summed E-state index contributed by atoms with van der Waals surface area (Å²) in [5, 5.41) is 3.24. The van der Waals surface area contributed by atoms with Crippen LogP contribution in [0.15, 0.2) is 12.3 Å². The number of rotatable bonds is 3. The van der Waals surface area contributed by atoms with E-state index in [-0.39, 0.29) is 6.04 Å². The van der Waals surface area contributed by atoms with E-state index in [9.17, 15) is 0 Å². The molecule has 1 aromatic heterocycles. The first-order valence-electron chi connectivity index (χ1n) is 5.23. The number of fused-ring (bicyclic) bond motifs is 1. The van der Waals surface area contributed by atoms with Crippen molar-refractivity contribution < 1.29 is 0 Å². The molecule has 3 nitrogen and oxygen atoms in total. The van der Waals surface area contributed by atoms with Gasteiger partial charge in [0.2, 0.25) is 0 Å². The summed E-state index contributed by atoms with van der Waals surface area (Å²) in [6, 6.07) is 2.33. The number of anilines is 1. The van der Waals surface area contributed by atoms with Gasteiger partial charge in [0.15, 0.2) is 0 Å². The Kier molecular flexibility index (Phi) is 2.68. The van der Waals surface area contributed by atoms with Crippen molar-refractivity contribution in [2.75, 3.05) is 11.9 Å². The molecule has 3 heteroatoms. The normalized spacial score (nSPS) is 16.4. The van der Waals surface area contributed by atoms with Crippen molar-refractivity contribution in [1.82, 2.24) is 4.98 Å². The summed E-state index contributed by atoms with van der Waals surface area (Å²) >= 11 is 0. The molecule has 76 valence electrons.